The number of carbonyl (C=O) groups is 1. The van der Waals surface area contributed by atoms with E-state index in [1.165, 1.54) is 17.1 Å². The van der Waals surface area contributed by atoms with E-state index in [0.29, 0.717) is 0 Å². The quantitative estimate of drug-likeness (QED) is 0.835. The summed E-state index contributed by atoms with van der Waals surface area (Å²) in [7, 11) is 0. The van der Waals surface area contributed by atoms with Crippen molar-refractivity contribution in [2.75, 3.05) is 0 Å². The Kier molecular flexibility index (Phi) is 2.62. The topological polar surface area (TPSA) is 80.9 Å². The molecule has 0 aliphatic carbocycles. The molecule has 76 valence electrons. The van der Waals surface area contributed by atoms with Crippen LogP contribution in [0.5, 0.6) is 0 Å². The van der Waals surface area contributed by atoms with Crippen LogP contribution in [-0.2, 0) is 0 Å². The second-order valence-electron chi connectivity index (χ2n) is 2.64. The monoisotopic (exact) mass is 316 g/mol. The molecule has 0 saturated carbocycles. The number of rotatable bonds is 2. The lowest BCUT2D eigenvalue weighted by atomic mass is 10.4. The summed E-state index contributed by atoms with van der Waals surface area (Å²) in [5, 5.41) is 12.9. The van der Waals surface area contributed by atoms with E-state index in [0.717, 1.165) is 3.57 Å². The molecule has 0 radical (unpaired) electrons. The number of aromatic nitrogens is 4. The first-order valence-electron chi connectivity index (χ1n) is 3.93. The van der Waals surface area contributed by atoms with Crippen LogP contribution in [0.3, 0.4) is 0 Å². The van der Waals surface area contributed by atoms with E-state index >= 15 is 0 Å². The molecule has 0 aliphatic rings. The number of hydrogen-bond donors (Lipinski definition) is 1. The van der Waals surface area contributed by atoms with E-state index < -0.39 is 5.97 Å². The molecule has 6 nitrogen and oxygen atoms in total. The first-order chi connectivity index (χ1) is 7.18. The number of carboxylic acids is 1. The summed E-state index contributed by atoms with van der Waals surface area (Å²) in [5.74, 6) is -0.906. The van der Waals surface area contributed by atoms with Crippen LogP contribution in [0.25, 0.3) is 5.82 Å². The zero-order valence-electron chi connectivity index (χ0n) is 7.33. The molecular weight excluding hydrogens is 311 g/mol. The van der Waals surface area contributed by atoms with Crippen LogP contribution in [0.4, 0.5) is 0 Å². The maximum absolute atomic E-state index is 10.9. The maximum atomic E-state index is 10.9. The molecule has 0 amide bonds. The van der Waals surface area contributed by atoms with E-state index in [1.54, 1.807) is 12.4 Å². The molecule has 0 unspecified atom stereocenters. The number of nitrogens with zero attached hydrogens (tertiary/aromatic N) is 4. The normalized spacial score (nSPS) is 10.2. The lowest BCUT2D eigenvalue weighted by molar-refractivity contribution is 0.0690. The van der Waals surface area contributed by atoms with Gasteiger partial charge < -0.3 is 5.11 Å². The van der Waals surface area contributed by atoms with Gasteiger partial charge in [0.25, 0.3) is 0 Å². The third-order valence-electron chi connectivity index (χ3n) is 1.65. The molecule has 0 atom stereocenters. The molecule has 2 aromatic rings. The minimum absolute atomic E-state index is 0.114. The molecule has 15 heavy (non-hydrogen) atoms. The van der Waals surface area contributed by atoms with Crippen LogP contribution in [0.1, 0.15) is 10.5 Å². The fraction of sp³-hybridized carbons (Fsp3) is 0. The molecule has 2 aromatic heterocycles. The summed E-state index contributed by atoms with van der Waals surface area (Å²) in [6.45, 7) is 0. The molecule has 0 spiro atoms. The van der Waals surface area contributed by atoms with Crippen LogP contribution in [0.2, 0.25) is 0 Å². The number of halogens is 1. The molecular formula is C8H5IN4O2. The molecule has 0 bridgehead atoms. The molecule has 0 saturated heterocycles. The third-order valence-corrected chi connectivity index (χ3v) is 2.21. The van der Waals surface area contributed by atoms with Crippen LogP contribution in [0.15, 0.2) is 24.8 Å². The van der Waals surface area contributed by atoms with Crippen molar-refractivity contribution >= 4 is 28.6 Å². The maximum Gasteiger partial charge on any atom is 0.358 e. The van der Waals surface area contributed by atoms with Gasteiger partial charge >= 0.3 is 5.97 Å². The van der Waals surface area contributed by atoms with Gasteiger partial charge in [0.15, 0.2) is 11.5 Å². The highest BCUT2D eigenvalue weighted by Crippen LogP contribution is 2.10. The van der Waals surface area contributed by atoms with E-state index in [-0.39, 0.29) is 11.5 Å². The molecule has 2 heterocycles. The first kappa shape index (κ1) is 10.0. The minimum Gasteiger partial charge on any atom is -0.476 e. The summed E-state index contributed by atoms with van der Waals surface area (Å²) in [6, 6.07) is 0. The van der Waals surface area contributed by atoms with Crippen LogP contribution >= 0.6 is 22.6 Å². The van der Waals surface area contributed by atoms with Crippen molar-refractivity contribution in [3.8, 4) is 5.82 Å². The number of aromatic carboxylic acids is 1. The summed E-state index contributed by atoms with van der Waals surface area (Å²) in [5.41, 5.74) is -0.114. The molecule has 0 aromatic carbocycles. The Morgan fingerprint density at radius 1 is 1.40 bits per heavy atom. The van der Waals surface area contributed by atoms with E-state index in [1.807, 2.05) is 0 Å². The van der Waals surface area contributed by atoms with Crippen LogP contribution < -0.4 is 0 Å². The molecule has 2 rings (SSSR count). The smallest absolute Gasteiger partial charge is 0.358 e. The third kappa shape index (κ3) is 1.96. The van der Waals surface area contributed by atoms with Crippen molar-refractivity contribution in [3.63, 3.8) is 0 Å². The van der Waals surface area contributed by atoms with Gasteiger partial charge in [-0.25, -0.2) is 19.4 Å². The molecule has 1 N–H and O–H groups in total. The Morgan fingerprint density at radius 2 is 2.13 bits per heavy atom. The summed E-state index contributed by atoms with van der Waals surface area (Å²) >= 11 is 2.08. The Labute approximate surface area is 98.1 Å². The Hall–Kier alpha value is -1.51. The summed E-state index contributed by atoms with van der Waals surface area (Å²) in [6.07, 6.45) is 6.05. The van der Waals surface area contributed by atoms with Gasteiger partial charge in [0, 0.05) is 18.6 Å². The highest BCUT2D eigenvalue weighted by atomic mass is 127. The van der Waals surface area contributed by atoms with Gasteiger partial charge in [-0.1, -0.05) is 0 Å². The standard InChI is InChI=1S/C8H5IN4O2/c9-5-3-12-13(4-5)7-6(8(14)15)10-1-2-11-7/h1-4H,(H,14,15). The van der Waals surface area contributed by atoms with Crippen molar-refractivity contribution < 1.29 is 9.90 Å². The van der Waals surface area contributed by atoms with Crippen molar-refractivity contribution in [1.29, 1.82) is 0 Å². The Balaban J connectivity index is 2.57. The largest absolute Gasteiger partial charge is 0.476 e. The summed E-state index contributed by atoms with van der Waals surface area (Å²) in [4.78, 5) is 18.5. The number of carboxylic acid groups (broad SMARTS) is 1. The van der Waals surface area contributed by atoms with Gasteiger partial charge in [-0.15, -0.1) is 0 Å². The Morgan fingerprint density at radius 3 is 2.73 bits per heavy atom. The van der Waals surface area contributed by atoms with E-state index in [9.17, 15) is 4.79 Å². The van der Waals surface area contributed by atoms with E-state index in [4.69, 9.17) is 5.11 Å². The molecule has 0 aliphatic heterocycles. The SMILES string of the molecule is O=C(O)c1nccnc1-n1cc(I)cn1. The zero-order valence-corrected chi connectivity index (χ0v) is 9.49. The first-order valence-corrected chi connectivity index (χ1v) is 5.01. The van der Waals surface area contributed by atoms with Crippen molar-refractivity contribution in [3.05, 3.63) is 34.1 Å². The van der Waals surface area contributed by atoms with Crippen LogP contribution in [0, 0.1) is 3.57 Å². The fourth-order valence-corrected chi connectivity index (χ4v) is 1.45. The lowest BCUT2D eigenvalue weighted by Crippen LogP contribution is -2.10. The molecule has 0 fully saturated rings. The van der Waals surface area contributed by atoms with Gasteiger partial charge in [-0.2, -0.15) is 5.10 Å². The van der Waals surface area contributed by atoms with E-state index in [2.05, 4.69) is 37.7 Å². The minimum atomic E-state index is -1.12. The van der Waals surface area contributed by atoms with Gasteiger partial charge in [0.1, 0.15) is 0 Å². The van der Waals surface area contributed by atoms with Gasteiger partial charge in [-0.3, -0.25) is 0 Å². The van der Waals surface area contributed by atoms with Crippen molar-refractivity contribution in [2.45, 2.75) is 0 Å². The van der Waals surface area contributed by atoms with Crippen LogP contribution in [-0.4, -0.2) is 30.8 Å². The number of hydrogen-bond acceptors (Lipinski definition) is 4. The molecule has 7 heteroatoms. The zero-order chi connectivity index (χ0) is 10.8. The Bertz CT molecular complexity index is 511. The van der Waals surface area contributed by atoms with Crippen molar-refractivity contribution in [1.82, 2.24) is 19.7 Å². The second kappa shape index (κ2) is 3.93. The van der Waals surface area contributed by atoms with Gasteiger partial charge in [-0.05, 0) is 22.6 Å². The average molecular weight is 316 g/mol. The lowest BCUT2D eigenvalue weighted by Gasteiger charge is -2.02. The predicted molar refractivity (Wildman–Crippen MR) is 58.8 cm³/mol. The second-order valence-corrected chi connectivity index (χ2v) is 3.88. The van der Waals surface area contributed by atoms with Gasteiger partial charge in [0.2, 0.25) is 0 Å². The van der Waals surface area contributed by atoms with Gasteiger partial charge in [0.05, 0.1) is 9.77 Å². The average Bonchev–Trinajstić information content (AvgIpc) is 2.65. The summed E-state index contributed by atoms with van der Waals surface area (Å²) < 4.78 is 2.28. The van der Waals surface area contributed by atoms with Crippen molar-refractivity contribution in [2.24, 2.45) is 0 Å². The fourth-order valence-electron chi connectivity index (χ4n) is 1.07. The highest BCUT2D eigenvalue weighted by Gasteiger charge is 2.14. The predicted octanol–water partition coefficient (Wildman–Crippen LogP) is 0.965. The highest BCUT2D eigenvalue weighted by molar-refractivity contribution is 14.1.